The Morgan fingerprint density at radius 2 is 2.05 bits per heavy atom. The zero-order chi connectivity index (χ0) is 16.0. The first kappa shape index (κ1) is 17.3. The fraction of sp³-hybridized carbons (Fsp3) is 0.500. The highest BCUT2D eigenvalue weighted by molar-refractivity contribution is 7.89. The van der Waals surface area contributed by atoms with Crippen molar-refractivity contribution in [1.29, 1.82) is 0 Å². The second kappa shape index (κ2) is 7.34. The van der Waals surface area contributed by atoms with E-state index in [1.807, 2.05) is 6.92 Å². The fourth-order valence-electron chi connectivity index (χ4n) is 1.90. The number of sulfonamides is 1. The van der Waals surface area contributed by atoms with Gasteiger partial charge >= 0.3 is 0 Å². The molecule has 0 atom stereocenters. The molecule has 0 fully saturated rings. The first-order valence-corrected chi connectivity index (χ1v) is 7.89. The highest BCUT2D eigenvalue weighted by atomic mass is 32.2. The van der Waals surface area contributed by atoms with E-state index in [0.29, 0.717) is 6.42 Å². The van der Waals surface area contributed by atoms with Crippen LogP contribution in [0.2, 0.25) is 0 Å². The van der Waals surface area contributed by atoms with Crippen molar-refractivity contribution in [2.24, 2.45) is 0 Å². The summed E-state index contributed by atoms with van der Waals surface area (Å²) in [6, 6.07) is 3.62. The number of rotatable bonds is 8. The van der Waals surface area contributed by atoms with Crippen LogP contribution >= 0.6 is 0 Å². The minimum atomic E-state index is -3.92. The SMILES string of the molecule is CCCN(CCO)S(=O)(=O)c1cc([N+](=O)[O-])ccc1NC. The van der Waals surface area contributed by atoms with E-state index in [1.54, 1.807) is 0 Å². The Morgan fingerprint density at radius 3 is 2.52 bits per heavy atom. The molecular weight excluding hydrogens is 298 g/mol. The molecule has 0 aliphatic rings. The van der Waals surface area contributed by atoms with E-state index in [2.05, 4.69) is 5.32 Å². The van der Waals surface area contributed by atoms with Crippen LogP contribution in [0.1, 0.15) is 13.3 Å². The molecule has 1 aromatic carbocycles. The van der Waals surface area contributed by atoms with Gasteiger partial charge in [-0.2, -0.15) is 4.31 Å². The van der Waals surface area contributed by atoms with Crippen LogP contribution in [0.15, 0.2) is 23.1 Å². The van der Waals surface area contributed by atoms with E-state index in [-0.39, 0.29) is 36.0 Å². The van der Waals surface area contributed by atoms with Gasteiger partial charge in [-0.05, 0) is 12.5 Å². The summed E-state index contributed by atoms with van der Waals surface area (Å²) in [5, 5.41) is 22.6. The molecule has 2 N–H and O–H groups in total. The lowest BCUT2D eigenvalue weighted by atomic mass is 10.3. The molecule has 0 unspecified atom stereocenters. The minimum absolute atomic E-state index is 0.0536. The first-order valence-electron chi connectivity index (χ1n) is 6.45. The number of nitrogens with zero attached hydrogens (tertiary/aromatic N) is 2. The number of aliphatic hydroxyl groups excluding tert-OH is 1. The van der Waals surface area contributed by atoms with E-state index >= 15 is 0 Å². The van der Waals surface area contributed by atoms with E-state index in [0.717, 1.165) is 10.4 Å². The maximum Gasteiger partial charge on any atom is 0.270 e. The lowest BCUT2D eigenvalue weighted by molar-refractivity contribution is -0.385. The standard InChI is InChI=1S/C12H19N3O5S/c1-3-6-14(7-8-16)21(19,20)12-9-10(15(17)18)4-5-11(12)13-2/h4-5,9,13,16H,3,6-8H2,1-2H3. The Hall–Kier alpha value is -1.71. The lowest BCUT2D eigenvalue weighted by Crippen LogP contribution is -2.34. The average molecular weight is 317 g/mol. The summed E-state index contributed by atoms with van der Waals surface area (Å²) in [5.41, 5.74) is -0.0207. The second-order valence-electron chi connectivity index (χ2n) is 4.32. The summed E-state index contributed by atoms with van der Waals surface area (Å²) >= 11 is 0. The van der Waals surface area contributed by atoms with Gasteiger partial charge < -0.3 is 10.4 Å². The average Bonchev–Trinajstić information content (AvgIpc) is 2.46. The van der Waals surface area contributed by atoms with Crippen molar-refractivity contribution in [2.45, 2.75) is 18.2 Å². The van der Waals surface area contributed by atoms with Crippen molar-refractivity contribution in [2.75, 3.05) is 32.1 Å². The van der Waals surface area contributed by atoms with Gasteiger partial charge in [0.05, 0.1) is 17.2 Å². The Morgan fingerprint density at radius 1 is 1.38 bits per heavy atom. The quantitative estimate of drug-likeness (QED) is 0.547. The van der Waals surface area contributed by atoms with Gasteiger partial charge in [-0.3, -0.25) is 10.1 Å². The molecule has 1 aromatic rings. The summed E-state index contributed by atoms with van der Waals surface area (Å²) in [4.78, 5) is 10.0. The van der Waals surface area contributed by atoms with Gasteiger partial charge in [0.15, 0.2) is 0 Å². The maximum atomic E-state index is 12.6. The zero-order valence-corrected chi connectivity index (χ0v) is 12.8. The molecule has 0 saturated heterocycles. The summed E-state index contributed by atoms with van der Waals surface area (Å²) in [5.74, 6) is 0. The summed E-state index contributed by atoms with van der Waals surface area (Å²) in [7, 11) is -2.38. The third kappa shape index (κ3) is 3.90. The molecule has 9 heteroatoms. The number of non-ortho nitro benzene ring substituents is 1. The van der Waals surface area contributed by atoms with Crippen LogP contribution in [0.3, 0.4) is 0 Å². The molecule has 0 aliphatic heterocycles. The molecule has 0 saturated carbocycles. The van der Waals surface area contributed by atoms with Crippen LogP contribution in [0, 0.1) is 10.1 Å². The zero-order valence-electron chi connectivity index (χ0n) is 11.9. The van der Waals surface area contributed by atoms with Gasteiger partial charge in [-0.15, -0.1) is 0 Å². The van der Waals surface area contributed by atoms with Gasteiger partial charge in [0.25, 0.3) is 5.69 Å². The van der Waals surface area contributed by atoms with Gasteiger partial charge in [0.2, 0.25) is 10.0 Å². The highest BCUT2D eigenvalue weighted by Crippen LogP contribution is 2.28. The summed E-state index contributed by atoms with van der Waals surface area (Å²) < 4.78 is 26.4. The Balaban J connectivity index is 3.39. The number of nitro benzene ring substituents is 1. The molecule has 0 aromatic heterocycles. The molecule has 0 amide bonds. The number of anilines is 1. The molecular formula is C12H19N3O5S. The van der Waals surface area contributed by atoms with E-state index in [9.17, 15) is 18.5 Å². The van der Waals surface area contributed by atoms with Crippen molar-refractivity contribution in [3.05, 3.63) is 28.3 Å². The number of hydrogen-bond donors (Lipinski definition) is 2. The third-order valence-corrected chi connectivity index (χ3v) is 4.82. The van der Waals surface area contributed by atoms with E-state index in [4.69, 9.17) is 5.11 Å². The number of hydrogen-bond acceptors (Lipinski definition) is 6. The van der Waals surface area contributed by atoms with Gasteiger partial charge in [-0.25, -0.2) is 8.42 Å². The van der Waals surface area contributed by atoms with Crippen LogP contribution in [-0.2, 0) is 10.0 Å². The highest BCUT2D eigenvalue weighted by Gasteiger charge is 2.28. The molecule has 0 bridgehead atoms. The minimum Gasteiger partial charge on any atom is -0.395 e. The van der Waals surface area contributed by atoms with Crippen LogP contribution in [-0.4, -0.2) is 49.5 Å². The number of aliphatic hydroxyl groups is 1. The Labute approximate surface area is 123 Å². The smallest absolute Gasteiger partial charge is 0.270 e. The Bertz CT molecular complexity index is 597. The number of nitrogens with one attached hydrogen (secondary N) is 1. The Kier molecular flexibility index (Phi) is 6.06. The van der Waals surface area contributed by atoms with Crippen molar-refractivity contribution in [3.8, 4) is 0 Å². The predicted octanol–water partition coefficient (Wildman–Crippen LogP) is 1.03. The van der Waals surface area contributed by atoms with Gasteiger partial charge in [0.1, 0.15) is 4.90 Å². The van der Waals surface area contributed by atoms with Crippen LogP contribution in [0.25, 0.3) is 0 Å². The molecule has 21 heavy (non-hydrogen) atoms. The molecule has 118 valence electrons. The fourth-order valence-corrected chi connectivity index (χ4v) is 3.64. The normalized spacial score (nSPS) is 11.6. The van der Waals surface area contributed by atoms with Crippen molar-refractivity contribution >= 4 is 21.4 Å². The molecule has 0 aliphatic carbocycles. The summed E-state index contributed by atoms with van der Waals surface area (Å²) in [6.45, 7) is 1.67. The first-order chi connectivity index (χ1) is 9.88. The predicted molar refractivity (Wildman–Crippen MR) is 78.8 cm³/mol. The van der Waals surface area contributed by atoms with Crippen molar-refractivity contribution in [3.63, 3.8) is 0 Å². The third-order valence-electron chi connectivity index (χ3n) is 2.89. The largest absolute Gasteiger partial charge is 0.395 e. The monoisotopic (exact) mass is 317 g/mol. The molecule has 1 rings (SSSR count). The summed E-state index contributed by atoms with van der Waals surface area (Å²) in [6.07, 6.45) is 0.572. The number of nitro groups is 1. The van der Waals surface area contributed by atoms with Crippen LogP contribution in [0.5, 0.6) is 0 Å². The van der Waals surface area contributed by atoms with Crippen molar-refractivity contribution < 1.29 is 18.4 Å². The maximum absolute atomic E-state index is 12.6. The lowest BCUT2D eigenvalue weighted by Gasteiger charge is -2.22. The van der Waals surface area contributed by atoms with Crippen LogP contribution in [0.4, 0.5) is 11.4 Å². The second-order valence-corrected chi connectivity index (χ2v) is 6.22. The molecule has 0 radical (unpaired) electrons. The number of benzene rings is 1. The molecule has 0 spiro atoms. The molecule has 8 nitrogen and oxygen atoms in total. The topological polar surface area (TPSA) is 113 Å². The van der Waals surface area contributed by atoms with Gasteiger partial charge in [0, 0.05) is 32.3 Å². The molecule has 0 heterocycles. The van der Waals surface area contributed by atoms with Crippen molar-refractivity contribution in [1.82, 2.24) is 4.31 Å². The van der Waals surface area contributed by atoms with E-state index < -0.39 is 14.9 Å². The van der Waals surface area contributed by atoms with Gasteiger partial charge in [-0.1, -0.05) is 6.92 Å². The van der Waals surface area contributed by atoms with E-state index in [1.165, 1.54) is 19.2 Å². The van der Waals surface area contributed by atoms with Crippen LogP contribution < -0.4 is 5.32 Å².